The van der Waals surface area contributed by atoms with Gasteiger partial charge in [-0.25, -0.2) is 4.98 Å². The molecular formula is C26H32N2O5S. The summed E-state index contributed by atoms with van der Waals surface area (Å²) in [7, 11) is 5.06. The summed E-state index contributed by atoms with van der Waals surface area (Å²) in [5.74, 6) is 0.735. The van der Waals surface area contributed by atoms with Crippen LogP contribution in [0.3, 0.4) is 0 Å². The van der Waals surface area contributed by atoms with E-state index in [-0.39, 0.29) is 29.8 Å². The van der Waals surface area contributed by atoms with Crippen LogP contribution in [0.5, 0.6) is 0 Å². The maximum atomic E-state index is 14.0. The Balaban J connectivity index is 1.67. The number of aliphatic hydroxyl groups is 1. The lowest BCUT2D eigenvalue weighted by atomic mass is 9.82. The molecule has 1 fully saturated rings. The average molecular weight is 485 g/mol. The summed E-state index contributed by atoms with van der Waals surface area (Å²) in [6.45, 7) is 0.449. The van der Waals surface area contributed by atoms with Crippen molar-refractivity contribution >= 4 is 21.6 Å². The van der Waals surface area contributed by atoms with Gasteiger partial charge in [0.15, 0.2) is 0 Å². The van der Waals surface area contributed by atoms with E-state index in [0.29, 0.717) is 24.8 Å². The van der Waals surface area contributed by atoms with Gasteiger partial charge in [0.05, 0.1) is 30.2 Å². The molecule has 182 valence electrons. The fourth-order valence-corrected chi connectivity index (χ4v) is 6.90. The highest BCUT2D eigenvalue weighted by Gasteiger charge is 2.41. The van der Waals surface area contributed by atoms with Crippen molar-refractivity contribution in [2.75, 3.05) is 21.3 Å². The molecule has 2 aliphatic rings. The molecular weight excluding hydrogens is 452 g/mol. The van der Waals surface area contributed by atoms with Crippen molar-refractivity contribution in [3.8, 4) is 0 Å². The number of nitrogens with zero attached hydrogens (tertiary/aromatic N) is 2. The van der Waals surface area contributed by atoms with E-state index in [4.69, 9.17) is 19.2 Å². The highest BCUT2D eigenvalue weighted by Crippen LogP contribution is 2.41. The van der Waals surface area contributed by atoms with Gasteiger partial charge >= 0.3 is 0 Å². The van der Waals surface area contributed by atoms with E-state index in [2.05, 4.69) is 0 Å². The molecule has 1 N–H and O–H groups in total. The lowest BCUT2D eigenvalue weighted by molar-refractivity contribution is -0.133. The van der Waals surface area contributed by atoms with Crippen LogP contribution in [-0.4, -0.2) is 54.3 Å². The molecule has 0 bridgehead atoms. The number of benzene rings is 1. The number of aromatic nitrogens is 2. The Morgan fingerprint density at radius 3 is 2.44 bits per heavy atom. The molecule has 0 radical (unpaired) electrons. The molecule has 7 nitrogen and oxygen atoms in total. The van der Waals surface area contributed by atoms with Crippen LogP contribution in [-0.2, 0) is 27.2 Å². The summed E-state index contributed by atoms with van der Waals surface area (Å²) in [4.78, 5) is 20.8. The van der Waals surface area contributed by atoms with E-state index in [0.717, 1.165) is 45.9 Å². The summed E-state index contributed by atoms with van der Waals surface area (Å²) < 4.78 is 19.1. The van der Waals surface area contributed by atoms with Gasteiger partial charge in [-0.2, -0.15) is 0 Å². The first-order valence-electron chi connectivity index (χ1n) is 11.9. The Hall–Kier alpha value is -2.10. The molecule has 3 aromatic rings. The Morgan fingerprint density at radius 2 is 1.79 bits per heavy atom. The van der Waals surface area contributed by atoms with Crippen molar-refractivity contribution in [1.82, 2.24) is 9.55 Å². The van der Waals surface area contributed by atoms with Gasteiger partial charge in [0.25, 0.3) is 5.56 Å². The topological polar surface area (TPSA) is 82.8 Å². The van der Waals surface area contributed by atoms with Crippen molar-refractivity contribution in [3.63, 3.8) is 0 Å². The van der Waals surface area contributed by atoms with E-state index < -0.39 is 6.10 Å². The number of rotatable bonds is 6. The lowest BCUT2D eigenvalue weighted by Crippen LogP contribution is -2.47. The number of methoxy groups -OCH3 is 3. The first-order valence-corrected chi connectivity index (χ1v) is 12.7. The van der Waals surface area contributed by atoms with Crippen LogP contribution in [0.2, 0.25) is 0 Å². The van der Waals surface area contributed by atoms with Crippen LogP contribution < -0.4 is 5.56 Å². The van der Waals surface area contributed by atoms with Gasteiger partial charge in [0, 0.05) is 32.1 Å². The van der Waals surface area contributed by atoms with Crippen LogP contribution in [0.15, 0.2) is 35.1 Å². The number of thiophene rings is 1. The first-order chi connectivity index (χ1) is 16.5. The number of aliphatic hydroxyl groups excluding tert-OH is 1. The van der Waals surface area contributed by atoms with Gasteiger partial charge in [-0.05, 0) is 43.2 Å². The minimum Gasteiger partial charge on any atom is -0.388 e. The number of hydrogen-bond acceptors (Lipinski definition) is 7. The maximum absolute atomic E-state index is 14.0. The number of fused-ring (bicyclic) bond motifs is 3. The number of aryl methyl sites for hydroxylation is 1. The fraction of sp³-hybridized carbons (Fsp3) is 0.538. The highest BCUT2D eigenvalue weighted by atomic mass is 32.1. The largest absolute Gasteiger partial charge is 0.388 e. The summed E-state index contributed by atoms with van der Waals surface area (Å²) in [6.07, 6.45) is 2.79. The van der Waals surface area contributed by atoms with Crippen LogP contribution in [0, 0.1) is 0 Å². The van der Waals surface area contributed by atoms with Crippen LogP contribution >= 0.6 is 11.3 Å². The molecule has 2 aliphatic carbocycles. The molecule has 8 heteroatoms. The minimum absolute atomic E-state index is 0.0211. The Labute approximate surface area is 203 Å². The van der Waals surface area contributed by atoms with Gasteiger partial charge in [0.1, 0.15) is 16.8 Å². The molecule has 0 saturated heterocycles. The predicted molar refractivity (Wildman–Crippen MR) is 132 cm³/mol. The number of hydrogen-bond donors (Lipinski definition) is 1. The second-order valence-corrected chi connectivity index (χ2v) is 10.3. The van der Waals surface area contributed by atoms with Crippen LogP contribution in [0.1, 0.15) is 59.5 Å². The smallest absolute Gasteiger partial charge is 0.262 e. The van der Waals surface area contributed by atoms with Crippen molar-refractivity contribution in [3.05, 3.63) is 62.5 Å². The summed E-state index contributed by atoms with van der Waals surface area (Å²) in [6, 6.07) is 10.0. The monoisotopic (exact) mass is 484 g/mol. The quantitative estimate of drug-likeness (QED) is 0.573. The molecule has 0 amide bonds. The van der Waals surface area contributed by atoms with Crippen molar-refractivity contribution in [2.45, 2.75) is 69.0 Å². The third kappa shape index (κ3) is 4.12. The zero-order valence-electron chi connectivity index (χ0n) is 19.9. The van der Waals surface area contributed by atoms with Crippen LogP contribution in [0.4, 0.5) is 0 Å². The minimum atomic E-state index is -0.513. The molecule has 5 atom stereocenters. The zero-order valence-corrected chi connectivity index (χ0v) is 20.7. The van der Waals surface area contributed by atoms with Gasteiger partial charge in [-0.3, -0.25) is 9.36 Å². The lowest BCUT2D eigenvalue weighted by Gasteiger charge is -2.39. The second-order valence-electron chi connectivity index (χ2n) is 9.30. The van der Waals surface area contributed by atoms with Gasteiger partial charge in [0.2, 0.25) is 0 Å². The molecule has 4 unspecified atom stereocenters. The number of ether oxygens (including phenoxy) is 3. The molecule has 0 spiro atoms. The van der Waals surface area contributed by atoms with E-state index in [9.17, 15) is 9.90 Å². The Bertz CT molecular complexity index is 1190. The van der Waals surface area contributed by atoms with Crippen molar-refractivity contribution < 1.29 is 19.3 Å². The predicted octanol–water partition coefficient (Wildman–Crippen LogP) is 3.80. The standard InChI is InChI=1S/C26H32N2O5S/c1-31-19-12-16(13-20(32-2)22(19)33-3)24-27-25-21(17-10-7-11-18(29)23(17)34-25)26(30)28(24)14-15-8-5-4-6-9-15/h4-6,8-9,16,18-20,22,29H,7,10-14H2,1-3H3/t16?,18?,19-,20?,22?/m0/s1. The summed E-state index contributed by atoms with van der Waals surface area (Å²) in [5, 5.41) is 11.3. The average Bonchev–Trinajstić information content (AvgIpc) is 3.25. The fourth-order valence-electron chi connectivity index (χ4n) is 5.66. The van der Waals surface area contributed by atoms with Gasteiger partial charge < -0.3 is 19.3 Å². The molecule has 1 aromatic carbocycles. The van der Waals surface area contributed by atoms with Crippen molar-refractivity contribution in [2.24, 2.45) is 0 Å². The molecule has 5 rings (SSSR count). The third-order valence-electron chi connectivity index (χ3n) is 7.37. The molecule has 1 saturated carbocycles. The van der Waals surface area contributed by atoms with Crippen molar-refractivity contribution in [1.29, 1.82) is 0 Å². The summed E-state index contributed by atoms with van der Waals surface area (Å²) in [5.41, 5.74) is 2.01. The van der Waals surface area contributed by atoms with Crippen LogP contribution in [0.25, 0.3) is 10.2 Å². The molecule has 2 heterocycles. The van der Waals surface area contributed by atoms with E-state index >= 15 is 0 Å². The van der Waals surface area contributed by atoms with Gasteiger partial charge in [-0.15, -0.1) is 11.3 Å². The normalized spacial score (nSPS) is 27.1. The van der Waals surface area contributed by atoms with E-state index in [1.165, 1.54) is 11.3 Å². The highest BCUT2D eigenvalue weighted by molar-refractivity contribution is 7.18. The SMILES string of the molecule is COC1CC(c2nc3sc4c(c3c(=O)n2Cc2ccccc2)CCCC4O)C[C@H](OC)C1OC. The zero-order chi connectivity index (χ0) is 23.8. The van der Waals surface area contributed by atoms with Gasteiger partial charge in [-0.1, -0.05) is 30.3 Å². The molecule has 34 heavy (non-hydrogen) atoms. The maximum Gasteiger partial charge on any atom is 0.262 e. The molecule has 2 aromatic heterocycles. The Kier molecular flexibility index (Phi) is 6.86. The third-order valence-corrected chi connectivity index (χ3v) is 8.60. The Morgan fingerprint density at radius 1 is 1.09 bits per heavy atom. The first kappa shape index (κ1) is 23.6. The van der Waals surface area contributed by atoms with E-state index in [1.807, 2.05) is 34.9 Å². The van der Waals surface area contributed by atoms with E-state index in [1.54, 1.807) is 21.3 Å². The summed E-state index contributed by atoms with van der Waals surface area (Å²) >= 11 is 1.47. The second kappa shape index (κ2) is 9.87. The molecule has 0 aliphatic heterocycles.